The van der Waals surface area contributed by atoms with Gasteiger partial charge in [-0.05, 0) is 18.8 Å². The Morgan fingerprint density at radius 1 is 1.41 bits per heavy atom. The number of anilines is 1. The number of carbonyl (C=O) groups excluding carboxylic acids is 2. The fourth-order valence-electron chi connectivity index (χ4n) is 2.27. The van der Waals surface area contributed by atoms with Crippen LogP contribution in [-0.4, -0.2) is 27.9 Å². The maximum Gasteiger partial charge on any atom is 0.329 e. The lowest BCUT2D eigenvalue weighted by Gasteiger charge is -2.11. The van der Waals surface area contributed by atoms with Crippen LogP contribution < -0.4 is 17.0 Å². The molecule has 1 fully saturated rings. The van der Waals surface area contributed by atoms with Crippen LogP contribution in [0.25, 0.3) is 0 Å². The largest absolute Gasteiger partial charge is 0.457 e. The summed E-state index contributed by atoms with van der Waals surface area (Å²) in [6.07, 6.45) is 1.36. The first kappa shape index (κ1) is 16.0. The van der Waals surface area contributed by atoms with Gasteiger partial charge in [-0.15, -0.1) is 0 Å². The van der Waals surface area contributed by atoms with E-state index in [-0.39, 0.29) is 29.8 Å². The Morgan fingerprint density at radius 3 is 2.59 bits per heavy atom. The van der Waals surface area contributed by atoms with E-state index in [1.54, 1.807) is 0 Å². The van der Waals surface area contributed by atoms with Gasteiger partial charge in [0.15, 0.2) is 6.61 Å². The van der Waals surface area contributed by atoms with Crippen molar-refractivity contribution in [3.8, 4) is 0 Å². The summed E-state index contributed by atoms with van der Waals surface area (Å²) in [6, 6.07) is 0. The van der Waals surface area contributed by atoms with Gasteiger partial charge in [0.05, 0.1) is 5.92 Å². The molecule has 0 bridgehead atoms. The average molecular weight is 309 g/mol. The number of Topliss-reactive ketones (excluding diaryl/α,β-unsaturated/α-hetero) is 1. The number of carbonyl (C=O) groups is 2. The maximum absolute atomic E-state index is 12.1. The Labute approximate surface area is 126 Å². The summed E-state index contributed by atoms with van der Waals surface area (Å²) in [4.78, 5) is 49.2. The first-order valence-corrected chi connectivity index (χ1v) is 7.19. The van der Waals surface area contributed by atoms with Gasteiger partial charge < -0.3 is 10.5 Å². The molecule has 1 aliphatic carbocycles. The van der Waals surface area contributed by atoms with Crippen molar-refractivity contribution in [1.29, 1.82) is 0 Å². The molecule has 0 spiro atoms. The minimum atomic E-state index is -0.865. The molecule has 1 aromatic heterocycles. The van der Waals surface area contributed by atoms with Gasteiger partial charge in [-0.2, -0.15) is 0 Å². The predicted molar refractivity (Wildman–Crippen MR) is 78.6 cm³/mol. The number of ether oxygens (including phenoxy) is 1. The van der Waals surface area contributed by atoms with E-state index < -0.39 is 29.6 Å². The van der Waals surface area contributed by atoms with E-state index in [0.717, 1.165) is 11.0 Å². The number of nitrogen functional groups attached to an aromatic ring is 1. The van der Waals surface area contributed by atoms with Crippen LogP contribution in [0.3, 0.4) is 0 Å². The number of esters is 1. The van der Waals surface area contributed by atoms with E-state index >= 15 is 0 Å². The molecular weight excluding hydrogens is 290 g/mol. The summed E-state index contributed by atoms with van der Waals surface area (Å²) in [5, 5.41) is 0. The van der Waals surface area contributed by atoms with E-state index in [0.29, 0.717) is 6.42 Å². The fraction of sp³-hybridized carbons (Fsp3) is 0.571. The molecule has 0 aromatic carbocycles. The molecule has 2 atom stereocenters. The predicted octanol–water partition coefficient (Wildman–Crippen LogP) is -0.0893. The van der Waals surface area contributed by atoms with Crippen LogP contribution in [0.4, 0.5) is 5.82 Å². The topological polar surface area (TPSA) is 124 Å². The molecule has 22 heavy (non-hydrogen) atoms. The molecule has 1 heterocycles. The number of hydrogen-bond acceptors (Lipinski definition) is 6. The standard InChI is InChI=1S/C14H19N3O5/c1-3-4-17-11(15)10(12(19)16-14(17)21)9(18)6-22-13(20)8-5-7(8)2/h7-8H,3-6,15H2,1-2H3,(H,16,19,21). The lowest BCUT2D eigenvalue weighted by atomic mass is 10.2. The highest BCUT2D eigenvalue weighted by molar-refractivity contribution is 6.01. The Balaban J connectivity index is 2.18. The van der Waals surface area contributed by atoms with Gasteiger partial charge in [0.2, 0.25) is 5.78 Å². The van der Waals surface area contributed by atoms with Crippen LogP contribution >= 0.6 is 0 Å². The van der Waals surface area contributed by atoms with Crippen LogP contribution in [0.15, 0.2) is 9.59 Å². The highest BCUT2D eigenvalue weighted by atomic mass is 16.5. The molecule has 1 saturated carbocycles. The quantitative estimate of drug-likeness (QED) is 0.559. The summed E-state index contributed by atoms with van der Waals surface area (Å²) in [7, 11) is 0. The van der Waals surface area contributed by atoms with Crippen molar-refractivity contribution in [2.75, 3.05) is 12.3 Å². The molecule has 3 N–H and O–H groups in total. The lowest BCUT2D eigenvalue weighted by molar-refractivity contribution is -0.144. The third-order valence-electron chi connectivity index (χ3n) is 3.72. The first-order valence-electron chi connectivity index (χ1n) is 7.19. The Bertz CT molecular complexity index is 718. The van der Waals surface area contributed by atoms with Crippen LogP contribution in [0.2, 0.25) is 0 Å². The van der Waals surface area contributed by atoms with Gasteiger partial charge in [-0.1, -0.05) is 13.8 Å². The Hall–Kier alpha value is -2.38. The third-order valence-corrected chi connectivity index (χ3v) is 3.72. The minimum absolute atomic E-state index is 0.169. The van der Waals surface area contributed by atoms with Gasteiger partial charge >= 0.3 is 11.7 Å². The Kier molecular flexibility index (Phi) is 4.48. The van der Waals surface area contributed by atoms with Crippen molar-refractivity contribution >= 4 is 17.6 Å². The van der Waals surface area contributed by atoms with Crippen molar-refractivity contribution in [3.63, 3.8) is 0 Å². The average Bonchev–Trinajstić information content (AvgIpc) is 3.17. The van der Waals surface area contributed by atoms with Gasteiger partial charge in [0, 0.05) is 6.54 Å². The van der Waals surface area contributed by atoms with Crippen molar-refractivity contribution < 1.29 is 14.3 Å². The molecule has 0 radical (unpaired) electrons. The third kappa shape index (κ3) is 3.10. The molecule has 0 aliphatic heterocycles. The summed E-state index contributed by atoms with van der Waals surface area (Å²) >= 11 is 0. The maximum atomic E-state index is 12.1. The van der Waals surface area contributed by atoms with E-state index in [1.165, 1.54) is 0 Å². The van der Waals surface area contributed by atoms with Crippen molar-refractivity contribution in [1.82, 2.24) is 9.55 Å². The number of ketones is 1. The summed E-state index contributed by atoms with van der Waals surface area (Å²) in [5.41, 5.74) is 3.88. The van der Waals surface area contributed by atoms with Crippen LogP contribution in [0, 0.1) is 11.8 Å². The summed E-state index contributed by atoms with van der Waals surface area (Å²) < 4.78 is 6.03. The molecule has 2 unspecified atom stereocenters. The van der Waals surface area contributed by atoms with Crippen LogP contribution in [0.1, 0.15) is 37.0 Å². The van der Waals surface area contributed by atoms with E-state index in [2.05, 4.69) is 4.98 Å². The minimum Gasteiger partial charge on any atom is -0.457 e. The number of aromatic nitrogens is 2. The summed E-state index contributed by atoms with van der Waals surface area (Å²) in [6.45, 7) is 3.47. The highest BCUT2D eigenvalue weighted by Crippen LogP contribution is 2.38. The number of aromatic amines is 1. The van der Waals surface area contributed by atoms with Gasteiger partial charge in [0.25, 0.3) is 5.56 Å². The molecule has 0 amide bonds. The van der Waals surface area contributed by atoms with Crippen molar-refractivity contribution in [3.05, 3.63) is 26.4 Å². The molecule has 0 saturated heterocycles. The first-order chi connectivity index (χ1) is 10.4. The highest BCUT2D eigenvalue weighted by Gasteiger charge is 2.40. The number of nitrogens with zero attached hydrogens (tertiary/aromatic N) is 1. The number of rotatable bonds is 6. The van der Waals surface area contributed by atoms with E-state index in [1.807, 2.05) is 13.8 Å². The zero-order valence-electron chi connectivity index (χ0n) is 12.5. The number of H-pyrrole nitrogens is 1. The second-order valence-electron chi connectivity index (χ2n) is 5.52. The number of hydrogen-bond donors (Lipinski definition) is 2. The SMILES string of the molecule is CCCn1c(N)c(C(=O)COC(=O)C2CC2C)c(=O)[nH]c1=O. The molecular formula is C14H19N3O5. The van der Waals surface area contributed by atoms with Gasteiger partial charge in [-0.25, -0.2) is 4.79 Å². The summed E-state index contributed by atoms with van der Waals surface area (Å²) in [5.74, 6) is -1.26. The second kappa shape index (κ2) is 6.17. The van der Waals surface area contributed by atoms with Crippen LogP contribution in [0.5, 0.6) is 0 Å². The smallest absolute Gasteiger partial charge is 0.329 e. The fourth-order valence-corrected chi connectivity index (χ4v) is 2.27. The molecule has 2 rings (SSSR count). The zero-order valence-corrected chi connectivity index (χ0v) is 12.5. The van der Waals surface area contributed by atoms with Gasteiger partial charge in [0.1, 0.15) is 11.4 Å². The van der Waals surface area contributed by atoms with E-state index in [4.69, 9.17) is 10.5 Å². The molecule has 1 aliphatic rings. The molecule has 120 valence electrons. The van der Waals surface area contributed by atoms with Gasteiger partial charge in [-0.3, -0.25) is 23.9 Å². The molecule has 1 aromatic rings. The normalized spacial score (nSPS) is 19.7. The van der Waals surface area contributed by atoms with Crippen molar-refractivity contribution in [2.45, 2.75) is 33.2 Å². The van der Waals surface area contributed by atoms with Crippen LogP contribution in [-0.2, 0) is 16.1 Å². The molecule has 8 heteroatoms. The van der Waals surface area contributed by atoms with Crippen molar-refractivity contribution in [2.24, 2.45) is 11.8 Å². The lowest BCUT2D eigenvalue weighted by Crippen LogP contribution is -2.37. The monoisotopic (exact) mass is 309 g/mol. The van der Waals surface area contributed by atoms with E-state index in [9.17, 15) is 19.2 Å². The molecule has 8 nitrogen and oxygen atoms in total. The number of nitrogens with one attached hydrogen (secondary N) is 1. The number of nitrogens with two attached hydrogens (primary N) is 1. The zero-order chi connectivity index (χ0) is 16.4. The second-order valence-corrected chi connectivity index (χ2v) is 5.52. The Morgan fingerprint density at radius 2 is 2.05 bits per heavy atom.